The summed E-state index contributed by atoms with van der Waals surface area (Å²) in [6.45, 7) is 4.44. The Morgan fingerprint density at radius 3 is 2.03 bits per heavy atom. The zero-order valence-corrected chi connectivity index (χ0v) is 22.2. The molecule has 9 nitrogen and oxygen atoms in total. The molecule has 0 aliphatic heterocycles. The van der Waals surface area contributed by atoms with Gasteiger partial charge in [-0.25, -0.2) is 4.79 Å². The number of carbonyl (C=O) groups is 4. The summed E-state index contributed by atoms with van der Waals surface area (Å²) >= 11 is 0. The SMILES string of the molecule is CC(C)C[C@H](NC(=O)OCc1ccccc1)C(=O)N[C@@H](Cc1ccccc1)C(=O)N[C@H](C=O)CCCCN. The molecule has 2 rings (SSSR count). The lowest BCUT2D eigenvalue weighted by atomic mass is 10.0. The third kappa shape index (κ3) is 11.6. The van der Waals surface area contributed by atoms with Gasteiger partial charge >= 0.3 is 6.09 Å². The molecule has 5 N–H and O–H groups in total. The predicted octanol–water partition coefficient (Wildman–Crippen LogP) is 2.87. The van der Waals surface area contributed by atoms with Crippen molar-refractivity contribution in [1.82, 2.24) is 16.0 Å². The molecule has 0 heterocycles. The molecule has 0 fully saturated rings. The standard InChI is InChI=1S/C29H40N4O5/c1-21(2)17-25(33-29(37)38-20-23-13-7-4-8-14-23)28(36)32-26(18-22-11-5-3-6-12-22)27(35)31-24(19-34)15-9-10-16-30/h3-8,11-14,19,21,24-26H,9-10,15-18,20,30H2,1-2H3,(H,31,35)(H,32,36)(H,33,37)/t24-,25-,26-/m0/s1. The van der Waals surface area contributed by atoms with E-state index in [2.05, 4.69) is 16.0 Å². The van der Waals surface area contributed by atoms with Gasteiger partial charge in [0.15, 0.2) is 0 Å². The van der Waals surface area contributed by atoms with Crippen LogP contribution >= 0.6 is 0 Å². The summed E-state index contributed by atoms with van der Waals surface area (Å²) in [6, 6.07) is 16.0. The Hall–Kier alpha value is -3.72. The molecule has 0 spiro atoms. The summed E-state index contributed by atoms with van der Waals surface area (Å²) in [4.78, 5) is 50.6. The van der Waals surface area contributed by atoms with Crippen LogP contribution in [0.4, 0.5) is 4.79 Å². The fourth-order valence-electron chi connectivity index (χ4n) is 3.91. The van der Waals surface area contributed by atoms with Crippen molar-refractivity contribution in [1.29, 1.82) is 0 Å². The van der Waals surface area contributed by atoms with Crippen molar-refractivity contribution in [3.63, 3.8) is 0 Å². The van der Waals surface area contributed by atoms with Crippen LogP contribution in [0.25, 0.3) is 0 Å². The van der Waals surface area contributed by atoms with Gasteiger partial charge in [-0.15, -0.1) is 0 Å². The van der Waals surface area contributed by atoms with E-state index in [9.17, 15) is 19.2 Å². The smallest absolute Gasteiger partial charge is 0.408 e. The minimum atomic E-state index is -0.946. The van der Waals surface area contributed by atoms with Gasteiger partial charge in [-0.3, -0.25) is 9.59 Å². The molecule has 0 unspecified atom stereocenters. The maximum atomic E-state index is 13.3. The topological polar surface area (TPSA) is 140 Å². The van der Waals surface area contributed by atoms with Crippen molar-refractivity contribution < 1.29 is 23.9 Å². The molecule has 3 atom stereocenters. The highest BCUT2D eigenvalue weighted by Crippen LogP contribution is 2.10. The molecule has 2 aromatic rings. The van der Waals surface area contributed by atoms with Crippen LogP contribution in [0.5, 0.6) is 0 Å². The van der Waals surface area contributed by atoms with Crippen molar-refractivity contribution in [2.24, 2.45) is 11.7 Å². The van der Waals surface area contributed by atoms with Crippen LogP contribution in [-0.2, 0) is 32.1 Å². The molecule has 0 saturated heterocycles. The highest BCUT2D eigenvalue weighted by molar-refractivity contribution is 5.92. The van der Waals surface area contributed by atoms with Gasteiger partial charge in [-0.05, 0) is 49.3 Å². The number of amides is 3. The molecule has 9 heteroatoms. The van der Waals surface area contributed by atoms with E-state index in [1.54, 1.807) is 0 Å². The zero-order chi connectivity index (χ0) is 27.8. The highest BCUT2D eigenvalue weighted by Gasteiger charge is 2.29. The number of ether oxygens (including phenoxy) is 1. The van der Waals surface area contributed by atoms with Crippen LogP contribution in [0.1, 0.15) is 50.7 Å². The third-order valence-electron chi connectivity index (χ3n) is 5.91. The van der Waals surface area contributed by atoms with Gasteiger partial charge in [0, 0.05) is 6.42 Å². The molecular weight excluding hydrogens is 484 g/mol. The minimum Gasteiger partial charge on any atom is -0.445 e. The van der Waals surface area contributed by atoms with Crippen molar-refractivity contribution >= 4 is 24.2 Å². The lowest BCUT2D eigenvalue weighted by Gasteiger charge is -2.25. The number of nitrogens with two attached hydrogens (primary N) is 1. The van der Waals surface area contributed by atoms with Crippen LogP contribution in [-0.4, -0.2) is 48.9 Å². The summed E-state index contributed by atoms with van der Waals surface area (Å²) in [7, 11) is 0. The first kappa shape index (κ1) is 30.5. The lowest BCUT2D eigenvalue weighted by Crippen LogP contribution is -2.56. The van der Waals surface area contributed by atoms with Gasteiger partial charge in [0.25, 0.3) is 0 Å². The second kappa shape index (κ2) is 16.9. The molecule has 0 radical (unpaired) electrons. The zero-order valence-electron chi connectivity index (χ0n) is 22.2. The highest BCUT2D eigenvalue weighted by atomic mass is 16.5. The summed E-state index contributed by atoms with van der Waals surface area (Å²) in [5.74, 6) is -0.886. The Balaban J connectivity index is 2.10. The van der Waals surface area contributed by atoms with Crippen molar-refractivity contribution in [2.75, 3.05) is 6.54 Å². The Bertz CT molecular complexity index is 1000. The number of nitrogens with one attached hydrogen (secondary N) is 3. The largest absolute Gasteiger partial charge is 0.445 e. The Labute approximate surface area is 224 Å². The normalized spacial score (nSPS) is 13.2. The quantitative estimate of drug-likeness (QED) is 0.197. The van der Waals surface area contributed by atoms with Gasteiger partial charge in [-0.1, -0.05) is 74.5 Å². The Kier molecular flexibility index (Phi) is 13.6. The first-order chi connectivity index (χ1) is 18.3. The van der Waals surface area contributed by atoms with Gasteiger partial charge in [-0.2, -0.15) is 0 Å². The number of hydrogen-bond acceptors (Lipinski definition) is 6. The molecule has 0 aliphatic rings. The van der Waals surface area contributed by atoms with E-state index in [0.717, 1.165) is 17.5 Å². The van der Waals surface area contributed by atoms with Crippen molar-refractivity contribution in [3.05, 3.63) is 71.8 Å². The molecule has 206 valence electrons. The monoisotopic (exact) mass is 524 g/mol. The first-order valence-electron chi connectivity index (χ1n) is 13.1. The van der Waals surface area contributed by atoms with Gasteiger partial charge in [0.2, 0.25) is 11.8 Å². The number of alkyl carbamates (subject to hydrolysis) is 1. The average Bonchev–Trinajstić information content (AvgIpc) is 2.91. The predicted molar refractivity (Wildman–Crippen MR) is 146 cm³/mol. The summed E-state index contributed by atoms with van der Waals surface area (Å²) < 4.78 is 5.30. The van der Waals surface area contributed by atoms with E-state index < -0.39 is 36.0 Å². The fraction of sp³-hybridized carbons (Fsp3) is 0.448. The molecule has 0 aromatic heterocycles. The molecule has 2 aromatic carbocycles. The summed E-state index contributed by atoms with van der Waals surface area (Å²) in [6.07, 6.45) is 2.45. The number of aldehydes is 1. The van der Waals surface area contributed by atoms with Crippen LogP contribution in [0.15, 0.2) is 60.7 Å². The summed E-state index contributed by atoms with van der Waals surface area (Å²) in [5, 5.41) is 8.17. The molecule has 3 amide bonds. The number of benzene rings is 2. The van der Waals surface area contributed by atoms with Crippen LogP contribution < -0.4 is 21.7 Å². The van der Waals surface area contributed by atoms with Gasteiger partial charge in [0.05, 0.1) is 6.04 Å². The molecule has 0 bridgehead atoms. The molecule has 38 heavy (non-hydrogen) atoms. The Morgan fingerprint density at radius 2 is 1.45 bits per heavy atom. The average molecular weight is 525 g/mol. The van der Waals surface area contributed by atoms with Gasteiger partial charge < -0.3 is 31.2 Å². The molecule has 0 aliphatic carbocycles. The van der Waals surface area contributed by atoms with E-state index >= 15 is 0 Å². The third-order valence-corrected chi connectivity index (χ3v) is 5.91. The molecule has 0 saturated carbocycles. The van der Waals surface area contributed by atoms with E-state index in [4.69, 9.17) is 10.5 Å². The fourth-order valence-corrected chi connectivity index (χ4v) is 3.91. The second-order valence-corrected chi connectivity index (χ2v) is 9.67. The maximum absolute atomic E-state index is 13.3. The van der Waals surface area contributed by atoms with Crippen LogP contribution in [0, 0.1) is 5.92 Å². The van der Waals surface area contributed by atoms with Crippen molar-refractivity contribution in [2.45, 2.75) is 70.7 Å². The minimum absolute atomic E-state index is 0.0684. The number of hydrogen-bond donors (Lipinski definition) is 4. The lowest BCUT2D eigenvalue weighted by molar-refractivity contribution is -0.131. The van der Waals surface area contributed by atoms with E-state index in [-0.39, 0.29) is 18.9 Å². The van der Waals surface area contributed by atoms with Crippen LogP contribution in [0.2, 0.25) is 0 Å². The van der Waals surface area contributed by atoms with Crippen molar-refractivity contribution in [3.8, 4) is 0 Å². The Morgan fingerprint density at radius 1 is 0.842 bits per heavy atom. The van der Waals surface area contributed by atoms with E-state index in [1.807, 2.05) is 74.5 Å². The van der Waals surface area contributed by atoms with E-state index in [1.165, 1.54) is 0 Å². The molecular formula is C29H40N4O5. The maximum Gasteiger partial charge on any atom is 0.408 e. The van der Waals surface area contributed by atoms with Crippen LogP contribution in [0.3, 0.4) is 0 Å². The second-order valence-electron chi connectivity index (χ2n) is 9.67. The number of unbranched alkanes of at least 4 members (excludes halogenated alkanes) is 1. The van der Waals surface area contributed by atoms with Gasteiger partial charge in [0.1, 0.15) is 25.0 Å². The number of rotatable bonds is 16. The van der Waals surface area contributed by atoms with E-state index in [0.29, 0.717) is 32.1 Å². The summed E-state index contributed by atoms with van der Waals surface area (Å²) in [5.41, 5.74) is 7.19. The first-order valence-corrected chi connectivity index (χ1v) is 13.1. The number of carbonyl (C=O) groups excluding carboxylic acids is 4.